The molecule has 0 radical (unpaired) electrons. The molecule has 0 saturated heterocycles. The first-order valence-electron chi connectivity index (χ1n) is 13.7. The van der Waals surface area contributed by atoms with E-state index in [1.54, 1.807) is 12.4 Å². The van der Waals surface area contributed by atoms with Crippen molar-refractivity contribution in [3.8, 4) is 45.3 Å². The molecule has 8 rings (SSSR count). The van der Waals surface area contributed by atoms with Crippen LogP contribution in [0.3, 0.4) is 0 Å². The summed E-state index contributed by atoms with van der Waals surface area (Å²) in [6.45, 7) is 0. The van der Waals surface area contributed by atoms with E-state index in [0.29, 0.717) is 11.5 Å². The molecular weight excluding hydrogens is 516 g/mol. The van der Waals surface area contributed by atoms with Crippen LogP contribution in [0.4, 0.5) is 0 Å². The molecule has 0 aliphatic carbocycles. The van der Waals surface area contributed by atoms with Gasteiger partial charge in [-0.2, -0.15) is 0 Å². The lowest BCUT2D eigenvalue weighted by Gasteiger charge is -2.12. The molecule has 0 atom stereocenters. The van der Waals surface area contributed by atoms with Crippen LogP contribution in [0.15, 0.2) is 134 Å². The van der Waals surface area contributed by atoms with E-state index in [-0.39, 0.29) is 0 Å². The van der Waals surface area contributed by atoms with Gasteiger partial charge in [0.1, 0.15) is 11.4 Å². The summed E-state index contributed by atoms with van der Waals surface area (Å²) in [5.74, 6) is 0.564. The van der Waals surface area contributed by atoms with Crippen LogP contribution in [0.1, 0.15) is 0 Å². The SMILES string of the molecule is c1ccc(-c2nc(-c3ccccn3)c3cccc(-c4ccc(-c5ccc6ccc7cccnc7c6n5)cc4)c3n2)nc1. The number of fused-ring (bicyclic) bond motifs is 4. The minimum absolute atomic E-state index is 0.564. The zero-order chi connectivity index (χ0) is 27.9. The zero-order valence-corrected chi connectivity index (χ0v) is 22.4. The number of benzene rings is 3. The Balaban J connectivity index is 1.26. The van der Waals surface area contributed by atoms with Crippen molar-refractivity contribution < 1.29 is 0 Å². The van der Waals surface area contributed by atoms with Gasteiger partial charge in [0, 0.05) is 45.9 Å². The molecule has 196 valence electrons. The second kappa shape index (κ2) is 9.94. The van der Waals surface area contributed by atoms with Crippen molar-refractivity contribution in [3.63, 3.8) is 0 Å². The number of pyridine rings is 4. The minimum atomic E-state index is 0.564. The summed E-state index contributed by atoms with van der Waals surface area (Å²) in [4.78, 5) is 28.7. The predicted molar refractivity (Wildman–Crippen MR) is 167 cm³/mol. The van der Waals surface area contributed by atoms with Gasteiger partial charge in [0.05, 0.1) is 27.9 Å². The Morgan fingerprint density at radius 3 is 1.88 bits per heavy atom. The molecule has 0 amide bonds. The van der Waals surface area contributed by atoms with E-state index < -0.39 is 0 Å². The third-order valence-corrected chi connectivity index (χ3v) is 7.45. The Hall–Kier alpha value is -5.88. The van der Waals surface area contributed by atoms with Gasteiger partial charge in [0.25, 0.3) is 0 Å². The van der Waals surface area contributed by atoms with Gasteiger partial charge in [0.2, 0.25) is 0 Å². The third-order valence-electron chi connectivity index (χ3n) is 7.45. The molecule has 0 saturated carbocycles. The van der Waals surface area contributed by atoms with E-state index in [2.05, 4.69) is 81.7 Å². The van der Waals surface area contributed by atoms with Crippen LogP contribution in [0.5, 0.6) is 0 Å². The Kier molecular flexibility index (Phi) is 5.67. The first-order chi connectivity index (χ1) is 20.8. The Bertz CT molecular complexity index is 2230. The highest BCUT2D eigenvalue weighted by Gasteiger charge is 2.16. The van der Waals surface area contributed by atoms with Gasteiger partial charge in [-0.3, -0.25) is 15.0 Å². The summed E-state index contributed by atoms with van der Waals surface area (Å²) in [7, 11) is 0. The van der Waals surface area contributed by atoms with E-state index in [4.69, 9.17) is 15.0 Å². The molecule has 0 bridgehead atoms. The van der Waals surface area contributed by atoms with E-state index in [0.717, 1.165) is 66.5 Å². The van der Waals surface area contributed by atoms with Crippen molar-refractivity contribution in [2.24, 2.45) is 0 Å². The van der Waals surface area contributed by atoms with Crippen LogP contribution in [0, 0.1) is 0 Å². The quantitative estimate of drug-likeness (QED) is 0.210. The molecule has 0 fully saturated rings. The summed E-state index contributed by atoms with van der Waals surface area (Å²) in [6, 6.07) is 38.7. The average molecular weight is 539 g/mol. The highest BCUT2D eigenvalue weighted by atomic mass is 14.9. The predicted octanol–water partition coefficient (Wildman–Crippen LogP) is 8.18. The van der Waals surface area contributed by atoms with Crippen LogP contribution in [-0.2, 0) is 0 Å². The lowest BCUT2D eigenvalue weighted by molar-refractivity contribution is 1.16. The van der Waals surface area contributed by atoms with Crippen molar-refractivity contribution in [3.05, 3.63) is 134 Å². The molecule has 42 heavy (non-hydrogen) atoms. The van der Waals surface area contributed by atoms with Crippen molar-refractivity contribution >= 4 is 32.7 Å². The van der Waals surface area contributed by atoms with Crippen LogP contribution < -0.4 is 0 Å². The molecule has 0 unspecified atom stereocenters. The summed E-state index contributed by atoms with van der Waals surface area (Å²) in [5, 5.41) is 3.09. The topological polar surface area (TPSA) is 77.3 Å². The number of rotatable bonds is 4. The highest BCUT2D eigenvalue weighted by molar-refractivity contribution is 6.04. The Morgan fingerprint density at radius 1 is 0.381 bits per heavy atom. The molecule has 6 heteroatoms. The van der Waals surface area contributed by atoms with Crippen molar-refractivity contribution in [1.82, 2.24) is 29.9 Å². The van der Waals surface area contributed by atoms with Gasteiger partial charge >= 0.3 is 0 Å². The highest BCUT2D eigenvalue weighted by Crippen LogP contribution is 2.35. The monoisotopic (exact) mass is 538 g/mol. The van der Waals surface area contributed by atoms with E-state index >= 15 is 0 Å². The number of hydrogen-bond donors (Lipinski definition) is 0. The second-order valence-electron chi connectivity index (χ2n) is 10.0. The lowest BCUT2D eigenvalue weighted by Crippen LogP contribution is -1.98. The van der Waals surface area contributed by atoms with Crippen LogP contribution in [0.25, 0.3) is 78.0 Å². The van der Waals surface area contributed by atoms with Crippen molar-refractivity contribution in [2.45, 2.75) is 0 Å². The van der Waals surface area contributed by atoms with Gasteiger partial charge in [-0.15, -0.1) is 0 Å². The Labute approximate surface area is 241 Å². The lowest BCUT2D eigenvalue weighted by atomic mass is 9.98. The maximum absolute atomic E-state index is 5.03. The van der Waals surface area contributed by atoms with Gasteiger partial charge in [-0.25, -0.2) is 15.0 Å². The number of aromatic nitrogens is 6. The molecule has 5 heterocycles. The molecule has 0 spiro atoms. The fourth-order valence-electron chi connectivity index (χ4n) is 5.40. The first kappa shape index (κ1) is 24.0. The summed E-state index contributed by atoms with van der Waals surface area (Å²) in [5.41, 5.74) is 8.95. The van der Waals surface area contributed by atoms with Crippen molar-refractivity contribution in [1.29, 1.82) is 0 Å². The second-order valence-corrected chi connectivity index (χ2v) is 10.0. The largest absolute Gasteiger partial charge is 0.255 e. The molecular formula is C36H22N6. The van der Waals surface area contributed by atoms with E-state index in [1.807, 2.05) is 54.7 Å². The molecule has 8 aromatic rings. The van der Waals surface area contributed by atoms with Gasteiger partial charge < -0.3 is 0 Å². The molecule has 0 aliphatic heterocycles. The molecule has 0 aliphatic rings. The maximum Gasteiger partial charge on any atom is 0.179 e. The molecule has 0 N–H and O–H groups in total. The van der Waals surface area contributed by atoms with E-state index in [1.165, 1.54) is 0 Å². The van der Waals surface area contributed by atoms with Gasteiger partial charge in [-0.1, -0.05) is 78.9 Å². The fourth-order valence-corrected chi connectivity index (χ4v) is 5.40. The minimum Gasteiger partial charge on any atom is -0.255 e. The summed E-state index contributed by atoms with van der Waals surface area (Å²) >= 11 is 0. The van der Waals surface area contributed by atoms with Crippen LogP contribution >= 0.6 is 0 Å². The zero-order valence-electron chi connectivity index (χ0n) is 22.4. The normalized spacial score (nSPS) is 11.3. The molecule has 5 aromatic heterocycles. The third kappa shape index (κ3) is 4.14. The maximum atomic E-state index is 5.03. The number of nitrogens with zero attached hydrogens (tertiary/aromatic N) is 6. The number of hydrogen-bond acceptors (Lipinski definition) is 6. The van der Waals surface area contributed by atoms with Gasteiger partial charge in [0.15, 0.2) is 5.82 Å². The molecule has 3 aromatic carbocycles. The summed E-state index contributed by atoms with van der Waals surface area (Å²) in [6.07, 6.45) is 5.36. The smallest absolute Gasteiger partial charge is 0.179 e. The standard InChI is InChI=1S/C36H22N6/c1-3-20-37-30(10-1)35-28-9-5-8-27(34(28)41-36(42-35)31-11-2-4-21-38-31)23-12-14-24(15-13-23)29-19-18-26-17-16-25-7-6-22-39-32(25)33(26)40-29/h1-22H. The van der Waals surface area contributed by atoms with Gasteiger partial charge in [-0.05, 0) is 42.0 Å². The van der Waals surface area contributed by atoms with Crippen LogP contribution in [-0.4, -0.2) is 29.9 Å². The Morgan fingerprint density at radius 2 is 1.10 bits per heavy atom. The summed E-state index contributed by atoms with van der Waals surface area (Å²) < 4.78 is 0. The number of para-hydroxylation sites is 1. The first-order valence-corrected chi connectivity index (χ1v) is 13.7. The average Bonchev–Trinajstić information content (AvgIpc) is 3.08. The van der Waals surface area contributed by atoms with E-state index in [9.17, 15) is 0 Å². The molecule has 6 nitrogen and oxygen atoms in total. The van der Waals surface area contributed by atoms with Crippen LogP contribution in [0.2, 0.25) is 0 Å². The van der Waals surface area contributed by atoms with Crippen molar-refractivity contribution in [2.75, 3.05) is 0 Å². The fraction of sp³-hybridized carbons (Fsp3) is 0.